The smallest absolute Gasteiger partial charge is 0.302 e. The van der Waals surface area contributed by atoms with E-state index in [4.69, 9.17) is 25.9 Å². The third-order valence-electron chi connectivity index (χ3n) is 15.2. The van der Waals surface area contributed by atoms with Crippen molar-refractivity contribution in [3.8, 4) is 23.3 Å². The number of fused-ring (bicyclic) bond motifs is 9. The third kappa shape index (κ3) is 11.1. The highest BCUT2D eigenvalue weighted by atomic mass is 33.1. The number of aliphatic hydroxyl groups is 1. The quantitative estimate of drug-likeness (QED) is 0.110. The molecular weight excluding hydrogens is 845 g/mol. The van der Waals surface area contributed by atoms with E-state index in [-0.39, 0.29) is 52.9 Å². The first-order valence-corrected chi connectivity index (χ1v) is 26.5. The van der Waals surface area contributed by atoms with Crippen LogP contribution in [0.5, 0.6) is 11.5 Å². The van der Waals surface area contributed by atoms with Crippen LogP contribution in [0.25, 0.3) is 0 Å². The summed E-state index contributed by atoms with van der Waals surface area (Å²) in [6.07, 6.45) is 19.2. The number of nitrogens with two attached hydrogens (primary N) is 2. The summed E-state index contributed by atoms with van der Waals surface area (Å²) >= 11 is 0. The summed E-state index contributed by atoms with van der Waals surface area (Å²) in [5.74, 6) is 9.56. The molecule has 7 N–H and O–H groups in total. The Bertz CT molecular complexity index is 2070. The fourth-order valence-electron chi connectivity index (χ4n) is 11.9. The Balaban J connectivity index is 1.16. The molecule has 4 fully saturated rings. The maximum Gasteiger partial charge on any atom is 0.302 e. The molecule has 348 valence electrons. The number of aliphatic hydroxyl groups excluding tert-OH is 1. The molecule has 2 spiro atoms. The van der Waals surface area contributed by atoms with Gasteiger partial charge in [0.05, 0.1) is 18.8 Å². The molecule has 3 aliphatic carbocycles. The number of anilines is 1. The molecule has 1 aromatic heterocycles. The minimum absolute atomic E-state index is 0.00419. The number of aryl methyl sites for hydroxylation is 1. The lowest BCUT2D eigenvalue weighted by Gasteiger charge is -2.44. The molecule has 7 atom stereocenters. The van der Waals surface area contributed by atoms with E-state index in [1.807, 2.05) is 50.8 Å². The zero-order valence-electron chi connectivity index (χ0n) is 37.8. The standard InChI is InChI=1S/C50H70N6O6S2/c1-34(57)61-42-16-15-36-24-38(46(60)43(25-36)62-41-13-5-6-14-41)32-56-33-48(30-45(56)59,28-37-18-22-53-44(51)26-37)39-11-8-10-35-17-21-49(29-35)19-9-20-50(49,55-47(52)54-31-39)64-63-23-7-3-2-4-12-40(58)27-42/h18,22,24-26,35,39-42,58,60H,2-7,9-10,12-17,19-21,23,27-33H2,1H3,(H2,51,53)(H3,52,54,55)/t35-,39+,40+,42-,48-,49+,50+/m1/s1. The van der Waals surface area contributed by atoms with E-state index in [0.29, 0.717) is 74.2 Å². The van der Waals surface area contributed by atoms with Crippen LogP contribution in [0.3, 0.4) is 0 Å². The zero-order valence-corrected chi connectivity index (χ0v) is 39.4. The molecular formula is C50H70N6O6S2. The predicted octanol–water partition coefficient (Wildman–Crippen LogP) is 8.21. The number of phenolic OH excluding ortho intramolecular Hbond substituents is 1. The number of carbonyl (C=O) groups is 2. The monoisotopic (exact) mass is 914 g/mol. The number of aromatic hydroxyl groups is 1. The molecule has 14 heteroatoms. The van der Waals surface area contributed by atoms with E-state index in [9.17, 15) is 19.8 Å². The Morgan fingerprint density at radius 1 is 1.02 bits per heavy atom. The Kier molecular flexibility index (Phi) is 15.2. The molecule has 4 heterocycles. The lowest BCUT2D eigenvalue weighted by molar-refractivity contribution is -0.148. The number of phenols is 1. The number of aliphatic imine (C=N–C) groups is 1. The van der Waals surface area contributed by atoms with Gasteiger partial charge in [0.1, 0.15) is 16.8 Å². The number of nitrogens with one attached hydrogen (secondary N) is 1. The largest absolute Gasteiger partial charge is 0.504 e. The summed E-state index contributed by atoms with van der Waals surface area (Å²) in [5, 5.41) is 27.0. The number of esters is 1. The van der Waals surface area contributed by atoms with Gasteiger partial charge in [-0.2, -0.15) is 0 Å². The number of amides is 1. The van der Waals surface area contributed by atoms with Crippen molar-refractivity contribution in [1.82, 2.24) is 15.2 Å². The molecule has 3 aliphatic heterocycles. The second-order valence-electron chi connectivity index (χ2n) is 19.9. The van der Waals surface area contributed by atoms with Crippen molar-refractivity contribution in [3.05, 3.63) is 47.2 Å². The van der Waals surface area contributed by atoms with Crippen LogP contribution >= 0.6 is 21.6 Å². The van der Waals surface area contributed by atoms with Crippen LogP contribution in [0.4, 0.5) is 5.82 Å². The van der Waals surface area contributed by atoms with E-state index in [2.05, 4.69) is 22.1 Å². The second-order valence-corrected chi connectivity index (χ2v) is 22.7. The molecule has 12 nitrogen and oxygen atoms in total. The Morgan fingerprint density at radius 2 is 1.84 bits per heavy atom. The minimum Gasteiger partial charge on any atom is -0.504 e. The van der Waals surface area contributed by atoms with Gasteiger partial charge in [0, 0.05) is 73.5 Å². The number of ether oxygens (including phenoxy) is 2. The molecule has 1 saturated heterocycles. The van der Waals surface area contributed by atoms with Crippen molar-refractivity contribution >= 4 is 45.2 Å². The van der Waals surface area contributed by atoms with Gasteiger partial charge in [0.2, 0.25) is 5.91 Å². The van der Waals surface area contributed by atoms with Gasteiger partial charge in [-0.1, -0.05) is 52.8 Å². The van der Waals surface area contributed by atoms with Gasteiger partial charge in [0.15, 0.2) is 17.5 Å². The van der Waals surface area contributed by atoms with Crippen LogP contribution in [-0.4, -0.2) is 80.0 Å². The van der Waals surface area contributed by atoms with Gasteiger partial charge < -0.3 is 41.4 Å². The van der Waals surface area contributed by atoms with Crippen LogP contribution in [0, 0.1) is 34.5 Å². The third-order valence-corrected chi connectivity index (χ3v) is 18.5. The summed E-state index contributed by atoms with van der Waals surface area (Å²) in [4.78, 5) is 37.9. The zero-order chi connectivity index (χ0) is 44.7. The fraction of sp³-hybridized carbons (Fsp3) is 0.680. The van der Waals surface area contributed by atoms with Crippen molar-refractivity contribution in [3.63, 3.8) is 0 Å². The van der Waals surface area contributed by atoms with Crippen LogP contribution in [0.2, 0.25) is 0 Å². The van der Waals surface area contributed by atoms with E-state index in [1.54, 1.807) is 6.20 Å². The highest BCUT2D eigenvalue weighted by Crippen LogP contribution is 2.64. The number of carbonyl (C=O) groups excluding carboxylic acids is 2. The van der Waals surface area contributed by atoms with Crippen molar-refractivity contribution in [2.45, 2.75) is 171 Å². The van der Waals surface area contributed by atoms with Gasteiger partial charge in [0.25, 0.3) is 0 Å². The molecule has 6 aliphatic rings. The maximum absolute atomic E-state index is 14.5. The summed E-state index contributed by atoms with van der Waals surface area (Å²) < 4.78 is 12.3. The van der Waals surface area contributed by atoms with Gasteiger partial charge in [-0.15, -0.1) is 5.92 Å². The number of nitrogens with zero attached hydrogens (tertiary/aromatic N) is 3. The van der Waals surface area contributed by atoms with Crippen molar-refractivity contribution in [2.75, 3.05) is 24.6 Å². The van der Waals surface area contributed by atoms with Crippen molar-refractivity contribution < 1.29 is 29.3 Å². The maximum atomic E-state index is 14.5. The minimum atomic E-state index is -0.639. The summed E-state index contributed by atoms with van der Waals surface area (Å²) in [5.41, 5.74) is 15.2. The number of hydrogen-bond donors (Lipinski definition) is 5. The van der Waals surface area contributed by atoms with Crippen molar-refractivity contribution in [1.29, 1.82) is 0 Å². The Morgan fingerprint density at radius 3 is 2.67 bits per heavy atom. The first kappa shape index (κ1) is 46.7. The molecule has 1 aromatic carbocycles. The highest BCUT2D eigenvalue weighted by Gasteiger charge is 2.59. The topological polar surface area (TPSA) is 186 Å². The summed E-state index contributed by atoms with van der Waals surface area (Å²) in [6, 6.07) is 7.72. The normalized spacial score (nSPS) is 32.2. The molecule has 8 bridgehead atoms. The number of hydrogen-bond acceptors (Lipinski definition) is 13. The van der Waals surface area contributed by atoms with E-state index in [1.165, 1.54) is 13.3 Å². The second kappa shape index (κ2) is 20.8. The van der Waals surface area contributed by atoms with Gasteiger partial charge in [-0.3, -0.25) is 14.6 Å². The number of aromatic nitrogens is 1. The molecule has 2 aromatic rings. The van der Waals surface area contributed by atoms with Crippen LogP contribution in [0.1, 0.15) is 146 Å². The lowest BCUT2D eigenvalue weighted by atomic mass is 9.70. The van der Waals surface area contributed by atoms with Gasteiger partial charge in [-0.05, 0) is 132 Å². The number of pyridine rings is 1. The fourth-order valence-corrected chi connectivity index (χ4v) is 15.5. The number of rotatable bonds is 5. The van der Waals surface area contributed by atoms with E-state index in [0.717, 1.165) is 107 Å². The molecule has 0 radical (unpaired) electrons. The first-order chi connectivity index (χ1) is 30.9. The lowest BCUT2D eigenvalue weighted by Crippen LogP contribution is -2.56. The Hall–Kier alpha value is -3.80. The van der Waals surface area contributed by atoms with Gasteiger partial charge >= 0.3 is 5.97 Å². The Labute approximate surface area is 388 Å². The molecule has 0 unspecified atom stereocenters. The highest BCUT2D eigenvalue weighted by molar-refractivity contribution is 8.77. The average Bonchev–Trinajstić information content (AvgIpc) is 4.05. The molecule has 1 amide bonds. The number of guanidine groups is 1. The predicted molar refractivity (Wildman–Crippen MR) is 255 cm³/mol. The number of benzene rings is 1. The van der Waals surface area contributed by atoms with Crippen LogP contribution in [-0.2, 0) is 33.7 Å². The average molecular weight is 915 g/mol. The van der Waals surface area contributed by atoms with Gasteiger partial charge in [-0.25, -0.2) is 4.98 Å². The SMILES string of the molecule is CC(=O)O[C@@H]1CCc2cc(c(O)c(OC3CCCC3)c2)CN2C[C@@](Cc3ccnc(N)c3)(CC2=O)[C@H]2C#CC[C@@H]3CC[C@@]4(CCC[C@]4(NC(N)=NC2)SSCCCCCC[C@H](O)C1)C3. The molecule has 8 rings (SSSR count). The summed E-state index contributed by atoms with van der Waals surface area (Å²) in [7, 11) is 3.93. The number of nitrogen functional groups attached to an aromatic ring is 1. The van der Waals surface area contributed by atoms with Crippen LogP contribution in [0.15, 0.2) is 35.5 Å². The first-order valence-electron chi connectivity index (χ1n) is 24.1. The van der Waals surface area contributed by atoms with E-state index >= 15 is 0 Å². The summed E-state index contributed by atoms with van der Waals surface area (Å²) in [6.45, 7) is 2.34. The van der Waals surface area contributed by atoms with E-state index < -0.39 is 17.6 Å². The molecule has 3 saturated carbocycles. The van der Waals surface area contributed by atoms with Crippen LogP contribution < -0.4 is 21.5 Å². The molecule has 64 heavy (non-hydrogen) atoms. The van der Waals surface area contributed by atoms with Crippen molar-refractivity contribution in [2.24, 2.45) is 33.4 Å².